The van der Waals surface area contributed by atoms with Gasteiger partial charge in [0.25, 0.3) is 5.91 Å². The second-order valence-corrected chi connectivity index (χ2v) is 7.09. The molecule has 9 nitrogen and oxygen atoms in total. The van der Waals surface area contributed by atoms with E-state index in [4.69, 9.17) is 28.3 Å². The van der Waals surface area contributed by atoms with Crippen LogP contribution in [0.4, 0.5) is 29.5 Å². The van der Waals surface area contributed by atoms with Gasteiger partial charge in [-0.25, -0.2) is 9.78 Å². The predicted molar refractivity (Wildman–Crippen MR) is 112 cm³/mol. The molecule has 0 aliphatic rings. The molecule has 1 heterocycles. The van der Waals surface area contributed by atoms with Crippen LogP contribution in [0.1, 0.15) is 17.0 Å². The van der Waals surface area contributed by atoms with Crippen LogP contribution in [0.25, 0.3) is 0 Å². The summed E-state index contributed by atoms with van der Waals surface area (Å²) in [4.78, 5) is 28.6. The summed E-state index contributed by atoms with van der Waals surface area (Å²) in [5.74, 6) is -1.01. The van der Waals surface area contributed by atoms with Crippen molar-refractivity contribution in [1.29, 1.82) is 0 Å². The zero-order chi connectivity index (χ0) is 23.7. The number of anilines is 2. The maximum Gasteiger partial charge on any atom is 0.573 e. The summed E-state index contributed by atoms with van der Waals surface area (Å²) in [7, 11) is 0. The number of carbonyl (C=O) groups is 2. The Kier molecular flexibility index (Phi) is 9.17. The van der Waals surface area contributed by atoms with Gasteiger partial charge in [0, 0.05) is 31.6 Å². The lowest BCUT2D eigenvalue weighted by Gasteiger charge is -2.10. The number of hydrogen-bond donors (Lipinski definition) is 4. The highest BCUT2D eigenvalue weighted by atomic mass is 35.5. The van der Waals surface area contributed by atoms with E-state index in [1.807, 2.05) is 0 Å². The van der Waals surface area contributed by atoms with Gasteiger partial charge >= 0.3 is 12.4 Å². The Morgan fingerprint density at radius 1 is 1.19 bits per heavy atom. The van der Waals surface area contributed by atoms with E-state index in [1.165, 1.54) is 29.0 Å². The SMILES string of the molecule is O=C(Nc1ccc(OC(F)(F)F)cc1)Nc1cn(CC=C(Cl)Cl)c(C(=O)NCCCO)n1. The Bertz CT molecular complexity index is 961. The molecule has 174 valence electrons. The van der Waals surface area contributed by atoms with Gasteiger partial charge in [-0.3, -0.25) is 10.1 Å². The van der Waals surface area contributed by atoms with Crippen LogP contribution in [0, 0.1) is 0 Å². The highest BCUT2D eigenvalue weighted by Gasteiger charge is 2.31. The van der Waals surface area contributed by atoms with Crippen LogP contribution in [0.2, 0.25) is 0 Å². The number of aliphatic hydroxyl groups excluding tert-OH is 1. The summed E-state index contributed by atoms with van der Waals surface area (Å²) in [5.41, 5.74) is 0.190. The Balaban J connectivity index is 2.06. The van der Waals surface area contributed by atoms with E-state index in [2.05, 4.69) is 25.7 Å². The minimum atomic E-state index is -4.82. The van der Waals surface area contributed by atoms with E-state index in [0.29, 0.717) is 6.42 Å². The number of alkyl halides is 3. The molecule has 1 aromatic carbocycles. The number of benzene rings is 1. The van der Waals surface area contributed by atoms with Crippen molar-refractivity contribution in [2.24, 2.45) is 0 Å². The molecule has 4 N–H and O–H groups in total. The third kappa shape index (κ3) is 8.65. The van der Waals surface area contributed by atoms with E-state index < -0.39 is 24.1 Å². The summed E-state index contributed by atoms with van der Waals surface area (Å²) < 4.78 is 41.7. The fraction of sp³-hybridized carbons (Fsp3) is 0.278. The van der Waals surface area contributed by atoms with Crippen LogP contribution in [-0.4, -0.2) is 46.1 Å². The average molecular weight is 496 g/mol. The molecule has 0 bridgehead atoms. The number of rotatable bonds is 9. The first-order valence-corrected chi connectivity index (χ1v) is 9.74. The third-order valence-electron chi connectivity index (χ3n) is 3.63. The largest absolute Gasteiger partial charge is 0.573 e. The number of halogens is 5. The number of carbonyl (C=O) groups excluding carboxylic acids is 2. The molecule has 0 aliphatic carbocycles. The van der Waals surface area contributed by atoms with Crippen molar-refractivity contribution in [3.8, 4) is 5.75 Å². The molecule has 0 saturated heterocycles. The minimum absolute atomic E-state index is 0.0194. The molecule has 0 spiro atoms. The highest BCUT2D eigenvalue weighted by molar-refractivity contribution is 6.55. The molecule has 3 amide bonds. The zero-order valence-electron chi connectivity index (χ0n) is 16.2. The second-order valence-electron chi connectivity index (χ2n) is 6.08. The van der Waals surface area contributed by atoms with Crippen LogP contribution in [-0.2, 0) is 6.54 Å². The lowest BCUT2D eigenvalue weighted by atomic mass is 10.3. The summed E-state index contributed by atoms with van der Waals surface area (Å²) in [6.07, 6.45) is -1.70. The van der Waals surface area contributed by atoms with Crippen molar-refractivity contribution in [3.05, 3.63) is 46.9 Å². The smallest absolute Gasteiger partial charge is 0.406 e. The van der Waals surface area contributed by atoms with Gasteiger partial charge in [-0.15, -0.1) is 13.2 Å². The zero-order valence-corrected chi connectivity index (χ0v) is 17.8. The lowest BCUT2D eigenvalue weighted by molar-refractivity contribution is -0.274. The lowest BCUT2D eigenvalue weighted by Crippen LogP contribution is -2.28. The monoisotopic (exact) mass is 495 g/mol. The third-order valence-corrected chi connectivity index (χ3v) is 3.94. The number of allylic oxidation sites excluding steroid dienone is 1. The van der Waals surface area contributed by atoms with Gasteiger partial charge in [0.05, 0.1) is 0 Å². The number of urea groups is 1. The molecule has 0 unspecified atom stereocenters. The molecule has 32 heavy (non-hydrogen) atoms. The first-order valence-electron chi connectivity index (χ1n) is 8.98. The quantitative estimate of drug-likeness (QED) is 0.394. The Morgan fingerprint density at radius 2 is 1.88 bits per heavy atom. The minimum Gasteiger partial charge on any atom is -0.406 e. The number of amides is 3. The molecule has 0 radical (unpaired) electrons. The molecule has 0 fully saturated rings. The second kappa shape index (κ2) is 11.6. The number of aromatic nitrogens is 2. The fourth-order valence-corrected chi connectivity index (χ4v) is 2.48. The van der Waals surface area contributed by atoms with Crippen LogP contribution in [0.3, 0.4) is 0 Å². The maximum atomic E-state index is 12.3. The van der Waals surface area contributed by atoms with Gasteiger partial charge in [-0.1, -0.05) is 23.2 Å². The van der Waals surface area contributed by atoms with Gasteiger partial charge < -0.3 is 25.0 Å². The molecule has 14 heteroatoms. The van der Waals surface area contributed by atoms with E-state index >= 15 is 0 Å². The van der Waals surface area contributed by atoms with Gasteiger partial charge in [-0.05, 0) is 36.8 Å². The Labute approximate surface area is 190 Å². The predicted octanol–water partition coefficient (Wildman–Crippen LogP) is 3.86. The topological polar surface area (TPSA) is 118 Å². The molecule has 0 atom stereocenters. The molecule has 0 saturated carbocycles. The molecule has 0 aliphatic heterocycles. The normalized spacial score (nSPS) is 10.9. The van der Waals surface area contributed by atoms with Crippen molar-refractivity contribution in [2.45, 2.75) is 19.3 Å². The standard InChI is InChI=1S/C18H18Cl2F3N5O4/c19-13(20)6-8-28-10-14(26-15(28)16(30)24-7-1-9-29)27-17(31)25-11-2-4-12(5-3-11)32-18(21,22)23/h2-6,10,29H,1,7-9H2,(H,24,30)(H2,25,27,31). The Morgan fingerprint density at radius 3 is 2.47 bits per heavy atom. The highest BCUT2D eigenvalue weighted by Crippen LogP contribution is 2.24. The summed E-state index contributed by atoms with van der Waals surface area (Å²) >= 11 is 11.2. The molecule has 1 aromatic heterocycles. The number of nitrogens with one attached hydrogen (secondary N) is 3. The molecular formula is C18H18Cl2F3N5O4. The van der Waals surface area contributed by atoms with Crippen LogP contribution >= 0.6 is 23.2 Å². The number of nitrogens with zero attached hydrogens (tertiary/aromatic N) is 2. The molecular weight excluding hydrogens is 478 g/mol. The van der Waals surface area contributed by atoms with Crippen molar-refractivity contribution in [3.63, 3.8) is 0 Å². The van der Waals surface area contributed by atoms with E-state index in [-0.39, 0.29) is 41.5 Å². The first-order chi connectivity index (χ1) is 15.1. The summed E-state index contributed by atoms with van der Waals surface area (Å²) in [6.45, 7) is 0.198. The molecule has 2 aromatic rings. The van der Waals surface area contributed by atoms with Gasteiger partial charge in [0.2, 0.25) is 5.82 Å². The number of ether oxygens (including phenoxy) is 1. The summed E-state index contributed by atoms with van der Waals surface area (Å²) in [5, 5.41) is 16.2. The van der Waals surface area contributed by atoms with Crippen molar-refractivity contribution in [1.82, 2.24) is 14.9 Å². The Hall–Kier alpha value is -2.96. The summed E-state index contributed by atoms with van der Waals surface area (Å²) in [6, 6.07) is 3.75. The van der Waals surface area contributed by atoms with Crippen LogP contribution in [0.15, 0.2) is 41.0 Å². The van der Waals surface area contributed by atoms with Gasteiger partial charge in [0.15, 0.2) is 5.82 Å². The van der Waals surface area contributed by atoms with E-state index in [0.717, 1.165) is 12.1 Å². The van der Waals surface area contributed by atoms with Crippen LogP contribution < -0.4 is 20.7 Å². The number of hydrogen-bond acceptors (Lipinski definition) is 5. The van der Waals surface area contributed by atoms with Crippen molar-refractivity contribution >= 4 is 46.6 Å². The first kappa shape index (κ1) is 25.3. The average Bonchev–Trinajstić information content (AvgIpc) is 3.09. The number of aliphatic hydroxyl groups is 1. The van der Waals surface area contributed by atoms with E-state index in [1.54, 1.807) is 0 Å². The van der Waals surface area contributed by atoms with E-state index in [9.17, 15) is 22.8 Å². The number of imidazole rings is 1. The maximum absolute atomic E-state index is 12.3. The van der Waals surface area contributed by atoms with Gasteiger partial charge in [-0.2, -0.15) is 0 Å². The molecule has 2 rings (SSSR count). The van der Waals surface area contributed by atoms with Crippen molar-refractivity contribution < 1.29 is 32.6 Å². The van der Waals surface area contributed by atoms with Crippen LogP contribution in [0.5, 0.6) is 5.75 Å². The fourth-order valence-electron chi connectivity index (χ4n) is 2.34. The van der Waals surface area contributed by atoms with Crippen molar-refractivity contribution in [2.75, 3.05) is 23.8 Å². The van der Waals surface area contributed by atoms with Gasteiger partial charge in [0.1, 0.15) is 10.2 Å².